The zero-order chi connectivity index (χ0) is 18.0. The Morgan fingerprint density at radius 2 is 2.12 bits per heavy atom. The minimum absolute atomic E-state index is 0. The largest absolute Gasteiger partial charge is 0.336 e. The lowest BCUT2D eigenvalue weighted by Gasteiger charge is -2.30. The van der Waals surface area contributed by atoms with E-state index in [0.29, 0.717) is 23.0 Å². The number of likely N-dealkylation sites (tertiary alicyclic amines) is 1. The van der Waals surface area contributed by atoms with Crippen LogP contribution in [-0.2, 0) is 0 Å². The van der Waals surface area contributed by atoms with E-state index in [9.17, 15) is 14.0 Å². The van der Waals surface area contributed by atoms with Gasteiger partial charge in [-0.3, -0.25) is 9.59 Å². The van der Waals surface area contributed by atoms with Crippen LogP contribution in [0.1, 0.15) is 38.4 Å². The van der Waals surface area contributed by atoms with Gasteiger partial charge in [-0.2, -0.15) is 0 Å². The molecule has 3 N–H and O–H groups in total. The van der Waals surface area contributed by atoms with Crippen molar-refractivity contribution in [2.45, 2.75) is 25.8 Å². The van der Waals surface area contributed by atoms with Crippen molar-refractivity contribution in [2.75, 3.05) is 18.4 Å². The number of nitrogens with two attached hydrogens (primary N) is 1. The van der Waals surface area contributed by atoms with Crippen molar-refractivity contribution in [1.82, 2.24) is 4.90 Å². The molecular weight excluding hydrogens is 377 g/mol. The summed E-state index contributed by atoms with van der Waals surface area (Å²) in [6, 6.07) is 7.27. The first-order valence-electron chi connectivity index (χ1n) is 8.16. The second kappa shape index (κ2) is 8.62. The Kier molecular flexibility index (Phi) is 6.75. The van der Waals surface area contributed by atoms with Crippen LogP contribution in [0.3, 0.4) is 0 Å². The second-order valence-electron chi connectivity index (χ2n) is 6.24. The van der Waals surface area contributed by atoms with E-state index in [4.69, 9.17) is 5.73 Å². The number of nitrogens with one attached hydrogen (secondary N) is 1. The second-order valence-corrected chi connectivity index (χ2v) is 7.29. The molecule has 0 radical (unpaired) electrons. The molecule has 1 aliphatic rings. The normalized spacial score (nSPS) is 16.7. The quantitative estimate of drug-likeness (QED) is 0.833. The standard InChI is InChI=1S/C18H20FN3O2S.ClH/c1-11-8-15(21-17(23)12-4-2-5-13(19)9-12)25-16(11)18(24)22-7-3-6-14(20)10-22;/h2,4-5,8-9,14H,3,6-7,10,20H2,1H3,(H,21,23);1H. The third kappa shape index (κ3) is 4.60. The van der Waals surface area contributed by atoms with Crippen LogP contribution in [0.2, 0.25) is 0 Å². The molecule has 5 nitrogen and oxygen atoms in total. The molecule has 2 aromatic rings. The van der Waals surface area contributed by atoms with Gasteiger partial charge < -0.3 is 16.0 Å². The molecule has 8 heteroatoms. The Balaban J connectivity index is 0.00000243. The molecule has 1 fully saturated rings. The summed E-state index contributed by atoms with van der Waals surface area (Å²) in [5.41, 5.74) is 6.99. The number of thiophene rings is 1. The highest BCUT2D eigenvalue weighted by molar-refractivity contribution is 7.18. The molecule has 1 aromatic carbocycles. The number of hydrogen-bond donors (Lipinski definition) is 2. The van der Waals surface area contributed by atoms with Gasteiger partial charge in [0.15, 0.2) is 0 Å². The van der Waals surface area contributed by atoms with E-state index >= 15 is 0 Å². The van der Waals surface area contributed by atoms with Gasteiger partial charge in [0, 0.05) is 24.7 Å². The number of benzene rings is 1. The number of halogens is 2. The van der Waals surface area contributed by atoms with E-state index in [1.54, 1.807) is 17.0 Å². The average Bonchev–Trinajstić information content (AvgIpc) is 2.94. The summed E-state index contributed by atoms with van der Waals surface area (Å²) in [5, 5.41) is 3.30. The van der Waals surface area contributed by atoms with Gasteiger partial charge in [-0.25, -0.2) is 4.39 Å². The Bertz CT molecular complexity index is 811. The van der Waals surface area contributed by atoms with Gasteiger partial charge in [-0.05, 0) is 49.6 Å². The molecule has 0 spiro atoms. The molecular formula is C18H21ClFN3O2S. The molecule has 1 unspecified atom stereocenters. The molecule has 0 aliphatic carbocycles. The molecule has 0 bridgehead atoms. The monoisotopic (exact) mass is 397 g/mol. The molecule has 140 valence electrons. The summed E-state index contributed by atoms with van der Waals surface area (Å²) in [4.78, 5) is 27.3. The molecule has 0 saturated carbocycles. The zero-order valence-corrected chi connectivity index (χ0v) is 16.0. The highest BCUT2D eigenvalue weighted by Gasteiger charge is 2.25. The topological polar surface area (TPSA) is 75.4 Å². The number of hydrogen-bond acceptors (Lipinski definition) is 4. The number of amides is 2. The van der Waals surface area contributed by atoms with Crippen LogP contribution in [0.4, 0.5) is 9.39 Å². The first-order valence-corrected chi connectivity index (χ1v) is 8.98. The van der Waals surface area contributed by atoms with Gasteiger partial charge in [0.1, 0.15) is 5.82 Å². The number of carbonyl (C=O) groups excluding carboxylic acids is 2. The van der Waals surface area contributed by atoms with Gasteiger partial charge in [-0.1, -0.05) is 6.07 Å². The van der Waals surface area contributed by atoms with Crippen molar-refractivity contribution in [1.29, 1.82) is 0 Å². The number of nitrogens with zero attached hydrogens (tertiary/aromatic N) is 1. The fourth-order valence-corrected chi connectivity index (χ4v) is 3.94. The van der Waals surface area contributed by atoms with Crippen LogP contribution in [0.5, 0.6) is 0 Å². The Morgan fingerprint density at radius 1 is 1.35 bits per heavy atom. The first-order chi connectivity index (χ1) is 11.9. The highest BCUT2D eigenvalue weighted by atomic mass is 35.5. The lowest BCUT2D eigenvalue weighted by molar-refractivity contribution is 0.0713. The number of carbonyl (C=O) groups is 2. The van der Waals surface area contributed by atoms with E-state index in [0.717, 1.165) is 18.4 Å². The zero-order valence-electron chi connectivity index (χ0n) is 14.3. The van der Waals surface area contributed by atoms with Crippen LogP contribution in [-0.4, -0.2) is 35.8 Å². The van der Waals surface area contributed by atoms with E-state index in [2.05, 4.69) is 5.32 Å². The molecule has 1 aromatic heterocycles. The lowest BCUT2D eigenvalue weighted by Crippen LogP contribution is -2.45. The van der Waals surface area contributed by atoms with Gasteiger partial charge in [0.25, 0.3) is 11.8 Å². The molecule has 1 aliphatic heterocycles. The van der Waals surface area contributed by atoms with Gasteiger partial charge in [-0.15, -0.1) is 23.7 Å². The third-order valence-electron chi connectivity index (χ3n) is 4.18. The minimum atomic E-state index is -0.465. The summed E-state index contributed by atoms with van der Waals surface area (Å²) < 4.78 is 13.2. The van der Waals surface area contributed by atoms with Crippen LogP contribution in [0, 0.1) is 12.7 Å². The summed E-state index contributed by atoms with van der Waals surface area (Å²) in [5.74, 6) is -0.920. The fourth-order valence-electron chi connectivity index (χ4n) is 2.91. The maximum absolute atomic E-state index is 13.2. The summed E-state index contributed by atoms with van der Waals surface area (Å²) in [7, 11) is 0. The average molecular weight is 398 g/mol. The SMILES string of the molecule is Cc1cc(NC(=O)c2cccc(F)c2)sc1C(=O)N1CCCC(N)C1.Cl. The van der Waals surface area contributed by atoms with Gasteiger partial charge in [0.05, 0.1) is 9.88 Å². The van der Waals surface area contributed by atoms with Crippen LogP contribution in [0.25, 0.3) is 0 Å². The van der Waals surface area contributed by atoms with Crippen molar-refractivity contribution >= 4 is 40.6 Å². The summed E-state index contributed by atoms with van der Waals surface area (Å²) >= 11 is 1.23. The predicted molar refractivity (Wildman–Crippen MR) is 104 cm³/mol. The summed E-state index contributed by atoms with van der Waals surface area (Å²) in [6.45, 7) is 3.10. The van der Waals surface area contributed by atoms with E-state index < -0.39 is 11.7 Å². The smallest absolute Gasteiger partial charge is 0.264 e. The molecule has 1 saturated heterocycles. The summed E-state index contributed by atoms with van der Waals surface area (Å²) in [6.07, 6.45) is 1.84. The number of rotatable bonds is 3. The van der Waals surface area contributed by atoms with Crippen molar-refractivity contribution in [3.05, 3.63) is 52.2 Å². The first kappa shape index (κ1) is 20.4. The van der Waals surface area contributed by atoms with Gasteiger partial charge >= 0.3 is 0 Å². The fraction of sp³-hybridized carbons (Fsp3) is 0.333. The Labute approximate surface area is 161 Å². The van der Waals surface area contributed by atoms with E-state index in [1.165, 1.54) is 29.5 Å². The van der Waals surface area contributed by atoms with E-state index in [-0.39, 0.29) is 29.9 Å². The van der Waals surface area contributed by atoms with Crippen LogP contribution >= 0.6 is 23.7 Å². The maximum atomic E-state index is 13.2. The van der Waals surface area contributed by atoms with E-state index in [1.807, 2.05) is 6.92 Å². The Morgan fingerprint density at radius 3 is 2.81 bits per heavy atom. The molecule has 2 amide bonds. The molecule has 2 heterocycles. The van der Waals surface area contributed by atoms with Crippen molar-refractivity contribution < 1.29 is 14.0 Å². The molecule has 3 rings (SSSR count). The third-order valence-corrected chi connectivity index (χ3v) is 5.32. The van der Waals surface area contributed by atoms with Crippen molar-refractivity contribution in [3.8, 4) is 0 Å². The van der Waals surface area contributed by atoms with Crippen molar-refractivity contribution in [2.24, 2.45) is 5.73 Å². The van der Waals surface area contributed by atoms with Crippen LogP contribution in [0.15, 0.2) is 30.3 Å². The van der Waals surface area contributed by atoms with Crippen molar-refractivity contribution in [3.63, 3.8) is 0 Å². The van der Waals surface area contributed by atoms with Gasteiger partial charge in [0.2, 0.25) is 0 Å². The number of anilines is 1. The minimum Gasteiger partial charge on any atom is -0.336 e. The maximum Gasteiger partial charge on any atom is 0.264 e. The highest BCUT2D eigenvalue weighted by Crippen LogP contribution is 2.29. The van der Waals surface area contributed by atoms with Crippen LogP contribution < -0.4 is 11.1 Å². The lowest BCUT2D eigenvalue weighted by atomic mass is 10.1. The molecule has 1 atom stereocenters. The number of aryl methyl sites for hydroxylation is 1. The number of piperidine rings is 1. The predicted octanol–water partition coefficient (Wildman–Crippen LogP) is 3.43. The molecule has 26 heavy (non-hydrogen) atoms. The Hall–Kier alpha value is -1.96.